The fourth-order valence-corrected chi connectivity index (χ4v) is 5.46. The van der Waals surface area contributed by atoms with Gasteiger partial charge in [0.25, 0.3) is 15.9 Å². The highest BCUT2D eigenvalue weighted by atomic mass is 79.9. The summed E-state index contributed by atoms with van der Waals surface area (Å²) in [7, 11) is -2.44. The molecule has 2 aromatic rings. The van der Waals surface area contributed by atoms with Crippen molar-refractivity contribution in [2.45, 2.75) is 24.7 Å². The molecule has 1 aliphatic heterocycles. The summed E-state index contributed by atoms with van der Waals surface area (Å²) in [6.45, 7) is 6.43. The first-order valence-electron chi connectivity index (χ1n) is 10.5. The van der Waals surface area contributed by atoms with Gasteiger partial charge in [0.15, 0.2) is 16.7 Å². The van der Waals surface area contributed by atoms with Crippen molar-refractivity contribution in [3.8, 4) is 11.5 Å². The molecule has 0 N–H and O–H groups in total. The zero-order chi connectivity index (χ0) is 24.7. The van der Waals surface area contributed by atoms with Gasteiger partial charge in [-0.1, -0.05) is 41.4 Å². The molecule has 1 heterocycles. The van der Waals surface area contributed by atoms with E-state index in [-0.39, 0.29) is 22.5 Å². The quantitative estimate of drug-likeness (QED) is 0.215. The number of rotatable bonds is 10. The molecule has 0 bridgehead atoms. The average Bonchev–Trinajstić information content (AvgIpc) is 3.08. The molecule has 1 amide bonds. The molecule has 10 heteroatoms. The summed E-state index contributed by atoms with van der Waals surface area (Å²) in [5, 5.41) is 0.0759. The Morgan fingerprint density at radius 3 is 2.56 bits per heavy atom. The second kappa shape index (κ2) is 11.7. The van der Waals surface area contributed by atoms with E-state index in [0.29, 0.717) is 23.0 Å². The number of unbranched alkanes of at least 4 members (excludes halogenated alkanes) is 1. The van der Waals surface area contributed by atoms with Gasteiger partial charge in [-0.05, 0) is 66.2 Å². The number of ether oxygens (including phenoxy) is 2. The molecule has 0 unspecified atom stereocenters. The van der Waals surface area contributed by atoms with E-state index in [9.17, 15) is 13.2 Å². The number of hydrogen-bond donors (Lipinski definition) is 0. The highest BCUT2D eigenvalue weighted by Gasteiger charge is 2.34. The molecule has 2 aromatic carbocycles. The van der Waals surface area contributed by atoms with Crippen molar-refractivity contribution in [1.82, 2.24) is 4.90 Å². The van der Waals surface area contributed by atoms with Crippen molar-refractivity contribution < 1.29 is 22.7 Å². The maximum atomic E-state index is 13.0. The van der Waals surface area contributed by atoms with Crippen LogP contribution in [0.3, 0.4) is 0 Å². The molecule has 1 saturated heterocycles. The number of amidine groups is 1. The maximum Gasteiger partial charge on any atom is 0.284 e. The smallest absolute Gasteiger partial charge is 0.284 e. The molecular formula is C24H25BrN2O5S2. The molecule has 0 atom stereocenters. The van der Waals surface area contributed by atoms with Gasteiger partial charge >= 0.3 is 0 Å². The number of nitrogens with zero attached hydrogens (tertiary/aromatic N) is 2. The predicted molar refractivity (Wildman–Crippen MR) is 140 cm³/mol. The Kier molecular flexibility index (Phi) is 8.98. The molecule has 0 aliphatic carbocycles. The lowest BCUT2D eigenvalue weighted by Gasteiger charge is -2.12. The number of carbonyl (C=O) groups excluding carboxylic acids is 1. The first-order chi connectivity index (χ1) is 16.3. The van der Waals surface area contributed by atoms with Crippen molar-refractivity contribution in [2.24, 2.45) is 4.40 Å². The van der Waals surface area contributed by atoms with E-state index in [1.807, 2.05) is 0 Å². The van der Waals surface area contributed by atoms with Crippen molar-refractivity contribution in [2.75, 3.05) is 20.3 Å². The number of halogens is 1. The van der Waals surface area contributed by atoms with E-state index in [2.05, 4.69) is 33.8 Å². The normalized spacial score (nSPS) is 16.3. The van der Waals surface area contributed by atoms with Crippen LogP contribution in [-0.4, -0.2) is 44.7 Å². The lowest BCUT2D eigenvalue weighted by Crippen LogP contribution is -2.29. The average molecular weight is 566 g/mol. The third-order valence-electron chi connectivity index (χ3n) is 4.75. The third-order valence-corrected chi connectivity index (χ3v) is 7.68. The Morgan fingerprint density at radius 2 is 1.91 bits per heavy atom. The summed E-state index contributed by atoms with van der Waals surface area (Å²) < 4.78 is 41.6. The van der Waals surface area contributed by atoms with Crippen LogP contribution in [0, 0.1) is 0 Å². The Morgan fingerprint density at radius 1 is 1.18 bits per heavy atom. The monoisotopic (exact) mass is 564 g/mol. The maximum absolute atomic E-state index is 13.0. The van der Waals surface area contributed by atoms with Crippen LogP contribution in [0.4, 0.5) is 0 Å². The second-order valence-corrected chi connectivity index (χ2v) is 10.8. The van der Waals surface area contributed by atoms with Crippen LogP contribution < -0.4 is 9.47 Å². The third kappa shape index (κ3) is 6.31. The van der Waals surface area contributed by atoms with Gasteiger partial charge in [-0.15, -0.1) is 11.0 Å². The number of amides is 1. The molecule has 34 heavy (non-hydrogen) atoms. The SMILES string of the molecule is C=CCN1C(=O)/C(=C/c2ccc(OC)c(OCCCC)c2)SC1=NS(=O)(=O)c1ccc(Br)cc1. The molecular weight excluding hydrogens is 540 g/mol. The molecule has 1 aliphatic rings. The summed E-state index contributed by atoms with van der Waals surface area (Å²) in [5.74, 6) is 0.828. The topological polar surface area (TPSA) is 85.3 Å². The van der Waals surface area contributed by atoms with E-state index < -0.39 is 10.0 Å². The van der Waals surface area contributed by atoms with Gasteiger partial charge in [-0.3, -0.25) is 9.69 Å². The molecule has 1 fully saturated rings. The number of sulfonamides is 1. The zero-order valence-corrected chi connectivity index (χ0v) is 22.1. The summed E-state index contributed by atoms with van der Waals surface area (Å²) in [6, 6.07) is 11.5. The summed E-state index contributed by atoms with van der Waals surface area (Å²) in [4.78, 5) is 14.7. The van der Waals surface area contributed by atoms with E-state index in [1.54, 1.807) is 43.5 Å². The summed E-state index contributed by atoms with van der Waals surface area (Å²) in [5.41, 5.74) is 0.721. The Labute approximate surface area is 212 Å². The molecule has 180 valence electrons. The summed E-state index contributed by atoms with van der Waals surface area (Å²) >= 11 is 4.29. The van der Waals surface area contributed by atoms with Crippen LogP contribution >= 0.6 is 27.7 Å². The summed E-state index contributed by atoms with van der Waals surface area (Å²) in [6.07, 6.45) is 5.12. The molecule has 0 spiro atoms. The first kappa shape index (κ1) is 26.1. The fourth-order valence-electron chi connectivity index (χ4n) is 3.00. The Bertz CT molecular complexity index is 1220. The molecule has 3 rings (SSSR count). The van der Waals surface area contributed by atoms with Gasteiger partial charge in [0.2, 0.25) is 0 Å². The van der Waals surface area contributed by atoms with Gasteiger partial charge in [-0.2, -0.15) is 8.42 Å². The number of methoxy groups -OCH3 is 1. The second-order valence-electron chi connectivity index (χ2n) is 7.23. The van der Waals surface area contributed by atoms with E-state index in [0.717, 1.165) is 34.6 Å². The highest BCUT2D eigenvalue weighted by molar-refractivity contribution is 9.10. The van der Waals surface area contributed by atoms with E-state index >= 15 is 0 Å². The predicted octanol–water partition coefficient (Wildman–Crippen LogP) is 5.48. The van der Waals surface area contributed by atoms with Crippen molar-refractivity contribution in [3.05, 3.63) is 70.1 Å². The highest BCUT2D eigenvalue weighted by Crippen LogP contribution is 2.35. The van der Waals surface area contributed by atoms with Crippen LogP contribution in [0.1, 0.15) is 25.3 Å². The number of hydrogen-bond acceptors (Lipinski definition) is 6. The van der Waals surface area contributed by atoms with Crippen LogP contribution in [0.15, 0.2) is 73.8 Å². The fraction of sp³-hybridized carbons (Fsp3) is 0.250. The standard InChI is InChI=1S/C24H25BrN2O5S2/c1-4-6-14-32-21-15-17(7-12-20(21)31-3)16-22-23(28)27(13-5-2)24(33-22)26-34(29,30)19-10-8-18(25)9-11-19/h5,7-12,15-16H,2,4,6,13-14H2,1,3H3/b22-16-,26-24?. The molecule has 0 saturated carbocycles. The van der Waals surface area contributed by atoms with Crippen LogP contribution in [-0.2, 0) is 14.8 Å². The number of thioether (sulfide) groups is 1. The van der Waals surface area contributed by atoms with Gasteiger partial charge in [0.05, 0.1) is 23.5 Å². The van der Waals surface area contributed by atoms with Gasteiger partial charge in [0.1, 0.15) is 0 Å². The van der Waals surface area contributed by atoms with E-state index in [1.165, 1.54) is 23.1 Å². The minimum absolute atomic E-state index is 0.0382. The van der Waals surface area contributed by atoms with Crippen molar-refractivity contribution in [3.63, 3.8) is 0 Å². The van der Waals surface area contributed by atoms with Gasteiger partial charge in [0, 0.05) is 11.0 Å². The van der Waals surface area contributed by atoms with Crippen LogP contribution in [0.2, 0.25) is 0 Å². The Balaban J connectivity index is 1.94. The van der Waals surface area contributed by atoms with Crippen molar-refractivity contribution >= 4 is 54.9 Å². The minimum Gasteiger partial charge on any atom is -0.493 e. The zero-order valence-electron chi connectivity index (χ0n) is 18.9. The number of carbonyl (C=O) groups is 1. The lowest BCUT2D eigenvalue weighted by molar-refractivity contribution is -0.121. The molecule has 0 aromatic heterocycles. The van der Waals surface area contributed by atoms with Gasteiger partial charge in [-0.25, -0.2) is 0 Å². The Hall–Kier alpha value is -2.56. The van der Waals surface area contributed by atoms with Crippen molar-refractivity contribution in [1.29, 1.82) is 0 Å². The molecule has 7 nitrogen and oxygen atoms in total. The van der Waals surface area contributed by atoms with Crippen LogP contribution in [0.25, 0.3) is 6.08 Å². The van der Waals surface area contributed by atoms with Crippen LogP contribution in [0.5, 0.6) is 11.5 Å². The van der Waals surface area contributed by atoms with Gasteiger partial charge < -0.3 is 9.47 Å². The minimum atomic E-state index is -4.01. The van der Waals surface area contributed by atoms with E-state index in [4.69, 9.17) is 9.47 Å². The first-order valence-corrected chi connectivity index (χ1v) is 13.6. The number of benzene rings is 2. The molecule has 0 radical (unpaired) electrons. The lowest BCUT2D eigenvalue weighted by atomic mass is 10.2. The largest absolute Gasteiger partial charge is 0.493 e.